The Kier molecular flexibility index (Phi) is 6.88. The lowest BCUT2D eigenvalue weighted by Crippen LogP contribution is -2.56. The summed E-state index contributed by atoms with van der Waals surface area (Å²) in [6.45, 7) is 6.40. The van der Waals surface area contributed by atoms with Gasteiger partial charge in [-0.25, -0.2) is 4.79 Å². The first-order chi connectivity index (χ1) is 16.4. The Morgan fingerprint density at radius 2 is 1.74 bits per heavy atom. The van der Waals surface area contributed by atoms with E-state index in [9.17, 15) is 14.4 Å². The number of methoxy groups -OCH3 is 1. The van der Waals surface area contributed by atoms with E-state index in [-0.39, 0.29) is 24.4 Å². The van der Waals surface area contributed by atoms with Gasteiger partial charge in [-0.3, -0.25) is 19.4 Å². The predicted molar refractivity (Wildman–Crippen MR) is 129 cm³/mol. The first-order valence-corrected chi connectivity index (χ1v) is 11.7. The second-order valence-electron chi connectivity index (χ2n) is 8.96. The molecule has 2 aliphatic rings. The average molecular weight is 465 g/mol. The zero-order chi connectivity index (χ0) is 24.3. The maximum absolute atomic E-state index is 13.6. The van der Waals surface area contributed by atoms with Crippen molar-refractivity contribution in [2.45, 2.75) is 45.3 Å². The van der Waals surface area contributed by atoms with Crippen molar-refractivity contribution in [3.05, 3.63) is 59.7 Å². The highest BCUT2D eigenvalue weighted by molar-refractivity contribution is 6.07. The van der Waals surface area contributed by atoms with E-state index in [1.807, 2.05) is 55.5 Å². The maximum atomic E-state index is 13.6. The lowest BCUT2D eigenvalue weighted by atomic mass is 9.85. The van der Waals surface area contributed by atoms with Gasteiger partial charge in [-0.2, -0.15) is 0 Å². The van der Waals surface area contributed by atoms with E-state index in [4.69, 9.17) is 4.74 Å². The van der Waals surface area contributed by atoms with Crippen molar-refractivity contribution >= 4 is 23.5 Å². The van der Waals surface area contributed by atoms with Crippen molar-refractivity contribution in [2.75, 3.05) is 32.1 Å². The highest BCUT2D eigenvalue weighted by Gasteiger charge is 2.57. The molecule has 0 aliphatic carbocycles. The molecule has 180 valence electrons. The number of urea groups is 1. The van der Waals surface area contributed by atoms with Gasteiger partial charge in [-0.05, 0) is 55.2 Å². The molecule has 8 nitrogen and oxygen atoms in total. The lowest BCUT2D eigenvalue weighted by molar-refractivity contribution is -0.136. The second-order valence-corrected chi connectivity index (χ2v) is 8.96. The van der Waals surface area contributed by atoms with Crippen LogP contribution in [-0.4, -0.2) is 64.8 Å². The molecule has 4 amide bonds. The Morgan fingerprint density at radius 1 is 1.03 bits per heavy atom. The van der Waals surface area contributed by atoms with E-state index < -0.39 is 5.54 Å². The van der Waals surface area contributed by atoms with Crippen molar-refractivity contribution in [2.24, 2.45) is 0 Å². The molecule has 4 rings (SSSR count). The van der Waals surface area contributed by atoms with Gasteiger partial charge in [0, 0.05) is 38.8 Å². The molecule has 2 aromatic rings. The van der Waals surface area contributed by atoms with Gasteiger partial charge in [0.05, 0.1) is 13.7 Å². The number of nitrogens with zero attached hydrogens (tertiary/aromatic N) is 3. The van der Waals surface area contributed by atoms with Crippen LogP contribution in [0.15, 0.2) is 48.5 Å². The normalized spacial score (nSPS) is 18.0. The van der Waals surface area contributed by atoms with Crippen LogP contribution < -0.4 is 10.1 Å². The van der Waals surface area contributed by atoms with E-state index >= 15 is 0 Å². The Hall–Kier alpha value is -3.39. The molecule has 2 heterocycles. The zero-order valence-electron chi connectivity index (χ0n) is 20.0. The summed E-state index contributed by atoms with van der Waals surface area (Å²) in [7, 11) is 1.60. The topological polar surface area (TPSA) is 82.2 Å². The van der Waals surface area contributed by atoms with E-state index in [2.05, 4.69) is 10.2 Å². The van der Waals surface area contributed by atoms with Crippen molar-refractivity contribution in [1.29, 1.82) is 0 Å². The summed E-state index contributed by atoms with van der Waals surface area (Å²) < 4.78 is 5.29. The highest BCUT2D eigenvalue weighted by Crippen LogP contribution is 2.38. The van der Waals surface area contributed by atoms with Crippen LogP contribution in [0.1, 0.15) is 37.8 Å². The average Bonchev–Trinajstić information content (AvgIpc) is 3.02. The van der Waals surface area contributed by atoms with Crippen LogP contribution in [0.5, 0.6) is 5.75 Å². The minimum atomic E-state index is -0.767. The van der Waals surface area contributed by atoms with Crippen molar-refractivity contribution in [3.8, 4) is 5.75 Å². The van der Waals surface area contributed by atoms with Crippen LogP contribution in [0.25, 0.3) is 0 Å². The molecule has 1 spiro atoms. The van der Waals surface area contributed by atoms with Crippen LogP contribution in [0, 0.1) is 0 Å². The Labute approximate surface area is 200 Å². The number of benzene rings is 2. The Balaban J connectivity index is 1.43. The number of hydrogen-bond acceptors (Lipinski definition) is 5. The largest absolute Gasteiger partial charge is 0.497 e. The zero-order valence-corrected chi connectivity index (χ0v) is 20.0. The number of amides is 4. The fourth-order valence-electron chi connectivity index (χ4n) is 5.03. The number of likely N-dealkylation sites (N-methyl/N-ethyl adjacent to an activating group) is 1. The number of ether oxygens (including phenoxy) is 1. The molecule has 0 bridgehead atoms. The molecule has 34 heavy (non-hydrogen) atoms. The van der Waals surface area contributed by atoms with E-state index in [0.29, 0.717) is 25.1 Å². The number of nitrogens with one attached hydrogen (secondary N) is 1. The molecule has 2 aromatic carbocycles. The Morgan fingerprint density at radius 3 is 2.35 bits per heavy atom. The maximum Gasteiger partial charge on any atom is 0.327 e. The summed E-state index contributed by atoms with van der Waals surface area (Å²) in [6, 6.07) is 15.1. The van der Waals surface area contributed by atoms with E-state index in [0.717, 1.165) is 36.4 Å². The third kappa shape index (κ3) is 4.63. The van der Waals surface area contributed by atoms with Crippen LogP contribution in [0.3, 0.4) is 0 Å². The SMILES string of the molecule is CCN1C(=O)N(Cc2cccc(OC)c2)C(=O)C12CCN(Cc1ccc(NC(C)=O)cc1)CC2. The number of carbonyl (C=O) groups excluding carboxylic acids is 3. The van der Waals surface area contributed by atoms with Gasteiger partial charge in [0.15, 0.2) is 0 Å². The molecule has 0 unspecified atom stereocenters. The monoisotopic (exact) mass is 464 g/mol. The molecule has 0 atom stereocenters. The number of piperidine rings is 1. The number of rotatable bonds is 7. The van der Waals surface area contributed by atoms with Crippen molar-refractivity contribution in [3.63, 3.8) is 0 Å². The minimum Gasteiger partial charge on any atom is -0.497 e. The summed E-state index contributed by atoms with van der Waals surface area (Å²) in [5.74, 6) is 0.518. The van der Waals surface area contributed by atoms with Crippen molar-refractivity contribution in [1.82, 2.24) is 14.7 Å². The second kappa shape index (κ2) is 9.85. The van der Waals surface area contributed by atoms with Crippen LogP contribution in [-0.2, 0) is 22.7 Å². The number of carbonyl (C=O) groups is 3. The van der Waals surface area contributed by atoms with Crippen molar-refractivity contribution < 1.29 is 19.1 Å². The third-order valence-corrected chi connectivity index (χ3v) is 6.78. The van der Waals surface area contributed by atoms with E-state index in [1.54, 1.807) is 12.0 Å². The Bertz CT molecular complexity index is 1060. The third-order valence-electron chi connectivity index (χ3n) is 6.78. The molecular formula is C26H32N4O4. The molecule has 0 radical (unpaired) electrons. The molecule has 0 aromatic heterocycles. The van der Waals surface area contributed by atoms with Gasteiger partial charge in [0.2, 0.25) is 5.91 Å². The molecule has 2 saturated heterocycles. The molecule has 2 fully saturated rings. The van der Waals surface area contributed by atoms with Gasteiger partial charge in [0.25, 0.3) is 5.91 Å². The predicted octanol–water partition coefficient (Wildman–Crippen LogP) is 3.47. The summed E-state index contributed by atoms with van der Waals surface area (Å²) in [5, 5.41) is 2.78. The quantitative estimate of drug-likeness (QED) is 0.635. The first-order valence-electron chi connectivity index (χ1n) is 11.7. The number of likely N-dealkylation sites (tertiary alicyclic amines) is 1. The van der Waals surface area contributed by atoms with Gasteiger partial charge in [-0.1, -0.05) is 24.3 Å². The molecule has 2 aliphatic heterocycles. The van der Waals surface area contributed by atoms with Gasteiger partial charge in [-0.15, -0.1) is 0 Å². The minimum absolute atomic E-state index is 0.0919. The van der Waals surface area contributed by atoms with E-state index in [1.165, 1.54) is 11.8 Å². The summed E-state index contributed by atoms with van der Waals surface area (Å²) in [4.78, 5) is 43.5. The highest BCUT2D eigenvalue weighted by atomic mass is 16.5. The fourth-order valence-corrected chi connectivity index (χ4v) is 5.03. The summed E-state index contributed by atoms with van der Waals surface area (Å²) >= 11 is 0. The molecule has 1 N–H and O–H groups in total. The van der Waals surface area contributed by atoms with Crippen LogP contribution in [0.2, 0.25) is 0 Å². The number of imide groups is 1. The first kappa shape index (κ1) is 23.8. The van der Waals surface area contributed by atoms with Gasteiger partial charge in [0.1, 0.15) is 11.3 Å². The smallest absolute Gasteiger partial charge is 0.327 e. The summed E-state index contributed by atoms with van der Waals surface area (Å²) in [5.41, 5.74) is 2.02. The molecule has 8 heteroatoms. The van der Waals surface area contributed by atoms with Crippen LogP contribution in [0.4, 0.5) is 10.5 Å². The van der Waals surface area contributed by atoms with Crippen LogP contribution >= 0.6 is 0 Å². The summed E-state index contributed by atoms with van der Waals surface area (Å²) in [6.07, 6.45) is 1.23. The fraction of sp³-hybridized carbons (Fsp3) is 0.423. The van der Waals surface area contributed by atoms with Gasteiger partial charge >= 0.3 is 6.03 Å². The lowest BCUT2D eigenvalue weighted by Gasteiger charge is -2.42. The van der Waals surface area contributed by atoms with Gasteiger partial charge < -0.3 is 15.0 Å². The number of hydrogen-bond donors (Lipinski definition) is 1. The molecular weight excluding hydrogens is 432 g/mol. The number of anilines is 1. The molecule has 0 saturated carbocycles. The standard InChI is InChI=1S/C26H32N4O4/c1-4-30-25(33)29(18-21-6-5-7-23(16-21)34-3)24(32)26(30)12-14-28(15-13-26)17-20-8-10-22(11-9-20)27-19(2)31/h5-11,16H,4,12-15,17-18H2,1-3H3,(H,27,31).